The molecule has 4 rings (SSSR count). The normalized spacial score (nSPS) is 12.1. The molecular weight excluding hydrogens is 422 g/mol. The van der Waals surface area contributed by atoms with Gasteiger partial charge in [-0.2, -0.15) is 0 Å². The van der Waals surface area contributed by atoms with E-state index in [0.29, 0.717) is 12.1 Å². The Morgan fingerprint density at radius 2 is 1.86 bits per heavy atom. The van der Waals surface area contributed by atoms with Crippen molar-refractivity contribution in [3.63, 3.8) is 0 Å². The van der Waals surface area contributed by atoms with Gasteiger partial charge in [0, 0.05) is 18.3 Å². The van der Waals surface area contributed by atoms with Crippen LogP contribution in [-0.4, -0.2) is 39.6 Å². The van der Waals surface area contributed by atoms with Gasteiger partial charge >= 0.3 is 5.69 Å². The highest BCUT2D eigenvalue weighted by molar-refractivity contribution is 7.91. The van der Waals surface area contributed by atoms with Crippen molar-refractivity contribution in [2.75, 3.05) is 6.61 Å². The van der Waals surface area contributed by atoms with Crippen molar-refractivity contribution in [3.05, 3.63) is 68.5 Å². The van der Waals surface area contributed by atoms with Crippen molar-refractivity contribution in [1.82, 2.24) is 14.3 Å². The highest BCUT2D eigenvalue weighted by Gasteiger charge is 2.25. The lowest BCUT2D eigenvalue weighted by Gasteiger charge is -2.10. The van der Waals surface area contributed by atoms with Gasteiger partial charge in [0.25, 0.3) is 5.56 Å². The number of benzene rings is 2. The van der Waals surface area contributed by atoms with Crippen LogP contribution in [0.4, 0.5) is 0 Å². The lowest BCUT2D eigenvalue weighted by atomic mass is 10.2. The van der Waals surface area contributed by atoms with Gasteiger partial charge < -0.3 is 19.9 Å². The van der Waals surface area contributed by atoms with Crippen molar-refractivity contribution in [1.29, 1.82) is 0 Å². The van der Waals surface area contributed by atoms with Crippen molar-refractivity contribution < 1.29 is 18.7 Å². The number of rotatable bonds is 4. The molecule has 0 aliphatic heterocycles. The first kappa shape index (κ1) is 19.2. The number of nitrogens with zero attached hydrogens (tertiary/aromatic N) is 2. The number of hydrogen-bond donors (Lipinski definition) is 3. The zero-order valence-corrected chi connectivity index (χ0v) is 16.2. The molecule has 0 bridgehead atoms. The third kappa shape index (κ3) is 2.92. The molecule has 11 heteroatoms. The van der Waals surface area contributed by atoms with E-state index in [9.17, 15) is 28.3 Å². The molecule has 2 aromatic carbocycles. The van der Waals surface area contributed by atoms with E-state index in [2.05, 4.69) is 4.98 Å². The Morgan fingerprint density at radius 3 is 2.59 bits per heavy atom. The van der Waals surface area contributed by atoms with E-state index in [1.807, 2.05) is 0 Å². The fourth-order valence-electron chi connectivity index (χ4n) is 3.23. The Kier molecular flexibility index (Phi) is 4.49. The van der Waals surface area contributed by atoms with Crippen LogP contribution in [0.3, 0.4) is 0 Å². The number of nitrogens with one attached hydrogen (secondary N) is 1. The van der Waals surface area contributed by atoms with E-state index in [1.54, 1.807) is 22.9 Å². The number of aliphatic hydroxyl groups excluding tert-OH is 1. The molecule has 2 heterocycles. The van der Waals surface area contributed by atoms with Crippen LogP contribution < -0.4 is 11.2 Å². The third-order valence-electron chi connectivity index (χ3n) is 4.63. The highest BCUT2D eigenvalue weighted by atomic mass is 35.5. The van der Waals surface area contributed by atoms with Crippen LogP contribution in [0.25, 0.3) is 21.8 Å². The number of aromatic nitrogens is 3. The van der Waals surface area contributed by atoms with E-state index in [-0.39, 0.29) is 37.1 Å². The monoisotopic (exact) mass is 435 g/mol. The van der Waals surface area contributed by atoms with Crippen LogP contribution in [-0.2, 0) is 16.4 Å². The van der Waals surface area contributed by atoms with Gasteiger partial charge in [-0.05, 0) is 35.7 Å². The van der Waals surface area contributed by atoms with Crippen molar-refractivity contribution in [2.45, 2.75) is 16.3 Å². The molecule has 0 amide bonds. The summed E-state index contributed by atoms with van der Waals surface area (Å²) in [4.78, 5) is 25.9. The lowest BCUT2D eigenvalue weighted by molar-refractivity contribution is 0.162. The molecule has 3 N–H and O–H groups in total. The molecule has 0 aliphatic rings. The summed E-state index contributed by atoms with van der Waals surface area (Å²) in [5.74, 6) is 0. The molecule has 0 spiro atoms. The summed E-state index contributed by atoms with van der Waals surface area (Å²) >= 11 is 6.01. The molecule has 0 saturated heterocycles. The van der Waals surface area contributed by atoms with Crippen molar-refractivity contribution >= 4 is 43.2 Å². The van der Waals surface area contributed by atoms with E-state index >= 15 is 0 Å². The number of sulfone groups is 1. The fourth-order valence-corrected chi connectivity index (χ4v) is 4.91. The predicted molar refractivity (Wildman–Crippen MR) is 105 cm³/mol. The van der Waals surface area contributed by atoms with Gasteiger partial charge in [-0.1, -0.05) is 22.4 Å². The zero-order chi connectivity index (χ0) is 20.9. The summed E-state index contributed by atoms with van der Waals surface area (Å²) in [7, 11) is -4.16. The van der Waals surface area contributed by atoms with Crippen LogP contribution in [0.5, 0.6) is 0 Å². The molecule has 0 atom stereocenters. The molecule has 29 heavy (non-hydrogen) atoms. The van der Waals surface area contributed by atoms with Crippen LogP contribution in [0.2, 0.25) is 5.02 Å². The minimum absolute atomic E-state index is 0.0689. The maximum absolute atomic E-state index is 13.3. The minimum Gasteiger partial charge on any atom is -0.421 e. The van der Waals surface area contributed by atoms with E-state index in [0.717, 1.165) is 5.39 Å². The van der Waals surface area contributed by atoms with Crippen molar-refractivity contribution in [2.24, 2.45) is 0 Å². The van der Waals surface area contributed by atoms with Crippen LogP contribution in [0, 0.1) is 0 Å². The first-order valence-corrected chi connectivity index (χ1v) is 10.2. The van der Waals surface area contributed by atoms with E-state index in [1.165, 1.54) is 24.3 Å². The maximum atomic E-state index is 13.3. The van der Waals surface area contributed by atoms with Gasteiger partial charge in [-0.25, -0.2) is 13.2 Å². The lowest BCUT2D eigenvalue weighted by Crippen LogP contribution is -2.33. The number of aliphatic hydroxyl groups is 1. The number of H-pyrrole nitrogens is 1. The average Bonchev–Trinajstić information content (AvgIpc) is 3.08. The Hall–Kier alpha value is -3.08. The Bertz CT molecular complexity index is 1500. The molecule has 0 radical (unpaired) electrons. The average molecular weight is 436 g/mol. The molecule has 0 fully saturated rings. The summed E-state index contributed by atoms with van der Waals surface area (Å²) in [6.45, 7) is 0.178. The second-order valence-electron chi connectivity index (χ2n) is 6.30. The summed E-state index contributed by atoms with van der Waals surface area (Å²) in [6, 6.07) is 8.67. The quantitative estimate of drug-likeness (QED) is 0.414. The Balaban J connectivity index is 2.02. The van der Waals surface area contributed by atoms with Gasteiger partial charge in [-0.15, -0.1) is 0 Å². The number of halogens is 1. The number of aromatic amines is 1. The van der Waals surface area contributed by atoms with Crippen LogP contribution in [0.15, 0.2) is 62.0 Å². The highest BCUT2D eigenvalue weighted by Crippen LogP contribution is 2.31. The molecule has 4 aromatic rings. The fraction of sp³-hybridized carbons (Fsp3) is 0.111. The molecule has 0 aliphatic carbocycles. The molecular formula is C18H14ClN3O6S. The van der Waals surface area contributed by atoms with Gasteiger partial charge in [-0.3, -0.25) is 4.79 Å². The maximum Gasteiger partial charge on any atom is 0.362 e. The molecule has 0 saturated carbocycles. The van der Waals surface area contributed by atoms with Crippen LogP contribution in [0.1, 0.15) is 0 Å². The first-order chi connectivity index (χ1) is 13.8. The second-order valence-corrected chi connectivity index (χ2v) is 8.62. The third-order valence-corrected chi connectivity index (χ3v) is 6.74. The Morgan fingerprint density at radius 1 is 1.10 bits per heavy atom. The van der Waals surface area contributed by atoms with Gasteiger partial charge in [0.2, 0.25) is 9.84 Å². The van der Waals surface area contributed by atoms with Gasteiger partial charge in [0.1, 0.15) is 0 Å². The summed E-state index contributed by atoms with van der Waals surface area (Å²) in [5, 5.41) is 19.1. The number of hydrogen-bond acceptors (Lipinski definition) is 6. The molecule has 150 valence electrons. The van der Waals surface area contributed by atoms with Crippen LogP contribution >= 0.6 is 11.6 Å². The molecule has 0 unspecified atom stereocenters. The standard InChI is InChI=1S/C18H14ClN3O6S/c19-12-3-4-14(16-15(12)17(24)22(26)18(25)20-16)29(27,28)11-2-1-10-5-6-21(7-8-23)13(10)9-11/h1-6,9,23,26H,7-8H2,(H,20,25). The molecule has 2 aromatic heterocycles. The van der Waals surface area contributed by atoms with Gasteiger partial charge in [0.05, 0.1) is 32.3 Å². The summed E-state index contributed by atoms with van der Waals surface area (Å²) in [5.41, 5.74) is -2.00. The van der Waals surface area contributed by atoms with E-state index < -0.39 is 21.1 Å². The zero-order valence-electron chi connectivity index (χ0n) is 14.7. The second kappa shape index (κ2) is 6.76. The predicted octanol–water partition coefficient (Wildman–Crippen LogP) is 1.36. The smallest absolute Gasteiger partial charge is 0.362 e. The number of fused-ring (bicyclic) bond motifs is 2. The summed E-state index contributed by atoms with van der Waals surface area (Å²) < 4.78 is 28.2. The minimum atomic E-state index is -4.16. The largest absolute Gasteiger partial charge is 0.421 e. The summed E-state index contributed by atoms with van der Waals surface area (Å²) in [6.07, 6.45) is 1.73. The topological polar surface area (TPSA) is 134 Å². The Labute approximate surface area is 167 Å². The molecule has 9 nitrogen and oxygen atoms in total. The van der Waals surface area contributed by atoms with Crippen molar-refractivity contribution in [3.8, 4) is 0 Å². The van der Waals surface area contributed by atoms with E-state index in [4.69, 9.17) is 11.6 Å². The SMILES string of the molecule is O=c1[nH]c2c(S(=O)(=O)c3ccc4ccn(CCO)c4c3)ccc(Cl)c2c(=O)n1O. The van der Waals surface area contributed by atoms with Gasteiger partial charge in [0.15, 0.2) is 0 Å². The first-order valence-electron chi connectivity index (χ1n) is 8.37.